The molecule has 0 heterocycles. The first-order valence-corrected chi connectivity index (χ1v) is 10.2. The molecule has 2 aromatic rings. The van der Waals surface area contributed by atoms with Gasteiger partial charge in [-0.25, -0.2) is 0 Å². The summed E-state index contributed by atoms with van der Waals surface area (Å²) in [7, 11) is 0. The lowest BCUT2D eigenvalue weighted by Gasteiger charge is -2.17. The van der Waals surface area contributed by atoms with Crippen molar-refractivity contribution in [1.82, 2.24) is 5.32 Å². The number of aliphatic hydroxyl groups excluding tert-OH is 1. The smallest absolute Gasteiger partial charge is 0.416 e. The summed E-state index contributed by atoms with van der Waals surface area (Å²) in [5, 5.41) is 12.5. The summed E-state index contributed by atoms with van der Waals surface area (Å²) in [6.07, 6.45) is -2.29. The highest BCUT2D eigenvalue weighted by molar-refractivity contribution is 5.94. The molecular weight excluding hydrogens is 407 g/mol. The lowest BCUT2D eigenvalue weighted by atomic mass is 9.94. The molecule has 0 bridgehead atoms. The number of hydrogen-bond acceptors (Lipinski definition) is 3. The fourth-order valence-electron chi connectivity index (χ4n) is 3.12. The fraction of sp³-hybridized carbons (Fsp3) is 0.375. The van der Waals surface area contributed by atoms with Crippen LogP contribution in [0.3, 0.4) is 0 Å². The van der Waals surface area contributed by atoms with Gasteiger partial charge in [0.1, 0.15) is 5.75 Å². The molecule has 7 heteroatoms. The first-order valence-electron chi connectivity index (χ1n) is 10.2. The molecular formula is C24H28F3NO3. The number of carbonyl (C=O) groups is 1. The predicted molar refractivity (Wildman–Crippen MR) is 114 cm³/mol. The van der Waals surface area contributed by atoms with Crippen molar-refractivity contribution < 1.29 is 27.8 Å². The van der Waals surface area contributed by atoms with E-state index in [1.54, 1.807) is 0 Å². The molecule has 0 fully saturated rings. The van der Waals surface area contributed by atoms with E-state index in [1.807, 2.05) is 32.0 Å². The number of amides is 1. The molecule has 0 radical (unpaired) electrons. The zero-order valence-electron chi connectivity index (χ0n) is 17.8. The maximum Gasteiger partial charge on any atom is 0.416 e. The quantitative estimate of drug-likeness (QED) is 0.446. The van der Waals surface area contributed by atoms with Gasteiger partial charge >= 0.3 is 6.18 Å². The number of carbonyl (C=O) groups excluding carboxylic acids is 1. The highest BCUT2D eigenvalue weighted by Crippen LogP contribution is 2.29. The minimum absolute atomic E-state index is 0.0722. The van der Waals surface area contributed by atoms with Gasteiger partial charge in [0.25, 0.3) is 5.91 Å². The number of rotatable bonds is 10. The van der Waals surface area contributed by atoms with Crippen molar-refractivity contribution in [3.63, 3.8) is 0 Å². The maximum atomic E-state index is 12.7. The van der Waals surface area contributed by atoms with Crippen LogP contribution in [0.5, 0.6) is 5.75 Å². The first-order chi connectivity index (χ1) is 14.7. The van der Waals surface area contributed by atoms with E-state index in [0.717, 1.165) is 48.2 Å². The van der Waals surface area contributed by atoms with E-state index in [2.05, 4.69) is 11.9 Å². The van der Waals surface area contributed by atoms with Crippen molar-refractivity contribution in [3.05, 3.63) is 77.1 Å². The van der Waals surface area contributed by atoms with Crippen LogP contribution in [0.1, 0.15) is 53.7 Å². The van der Waals surface area contributed by atoms with Crippen molar-refractivity contribution >= 4 is 5.91 Å². The summed E-state index contributed by atoms with van der Waals surface area (Å²) in [6.45, 7) is 8.25. The molecule has 0 saturated carbocycles. The van der Waals surface area contributed by atoms with Gasteiger partial charge in [0.2, 0.25) is 0 Å². The summed E-state index contributed by atoms with van der Waals surface area (Å²) >= 11 is 0. The van der Waals surface area contributed by atoms with E-state index < -0.39 is 17.6 Å². The topological polar surface area (TPSA) is 58.6 Å². The molecule has 1 amide bonds. The molecule has 0 aromatic heterocycles. The number of ether oxygens (including phenoxy) is 1. The Hall–Kier alpha value is -2.96. The van der Waals surface area contributed by atoms with Gasteiger partial charge in [-0.15, -0.1) is 0 Å². The lowest BCUT2D eigenvalue weighted by molar-refractivity contribution is -0.137. The Balaban J connectivity index is 2.15. The Morgan fingerprint density at radius 1 is 1.16 bits per heavy atom. The Kier molecular flexibility index (Phi) is 8.54. The van der Waals surface area contributed by atoms with Gasteiger partial charge in [-0.05, 0) is 55.2 Å². The lowest BCUT2D eigenvalue weighted by Crippen LogP contribution is -2.23. The summed E-state index contributed by atoms with van der Waals surface area (Å²) in [5.74, 6) is 0.216. The normalized spacial score (nSPS) is 12.3. The summed E-state index contributed by atoms with van der Waals surface area (Å²) in [6, 6.07) is 9.73. The van der Waals surface area contributed by atoms with Crippen molar-refractivity contribution in [2.24, 2.45) is 5.92 Å². The zero-order valence-corrected chi connectivity index (χ0v) is 17.8. The first kappa shape index (κ1) is 24.3. The van der Waals surface area contributed by atoms with Crippen molar-refractivity contribution in [2.75, 3.05) is 6.61 Å². The number of alkyl halides is 3. The van der Waals surface area contributed by atoms with Crippen LogP contribution in [0, 0.1) is 5.92 Å². The Bertz CT molecular complexity index is 892. The Morgan fingerprint density at radius 2 is 1.84 bits per heavy atom. The average Bonchev–Trinajstić information content (AvgIpc) is 2.74. The molecule has 0 spiro atoms. The number of aliphatic hydroxyl groups is 1. The van der Waals surface area contributed by atoms with Gasteiger partial charge in [0, 0.05) is 23.6 Å². The molecule has 0 aliphatic heterocycles. The van der Waals surface area contributed by atoms with Crippen LogP contribution >= 0.6 is 0 Å². The minimum Gasteiger partial charge on any atom is -0.513 e. The van der Waals surface area contributed by atoms with Crippen LogP contribution in [0.2, 0.25) is 0 Å². The molecule has 0 aliphatic rings. The van der Waals surface area contributed by atoms with Gasteiger partial charge < -0.3 is 15.2 Å². The highest BCUT2D eigenvalue weighted by Gasteiger charge is 2.30. The van der Waals surface area contributed by atoms with Gasteiger partial charge in [-0.1, -0.05) is 32.6 Å². The third-order valence-electron chi connectivity index (χ3n) is 4.95. The largest absolute Gasteiger partial charge is 0.513 e. The highest BCUT2D eigenvalue weighted by atomic mass is 19.4. The molecule has 4 nitrogen and oxygen atoms in total. The Morgan fingerprint density at radius 3 is 2.39 bits per heavy atom. The minimum atomic E-state index is -4.45. The van der Waals surface area contributed by atoms with Gasteiger partial charge in [-0.2, -0.15) is 13.2 Å². The van der Waals surface area contributed by atoms with Crippen LogP contribution in [0.25, 0.3) is 0 Å². The van der Waals surface area contributed by atoms with E-state index in [0.29, 0.717) is 18.8 Å². The number of halogens is 3. The second kappa shape index (κ2) is 10.9. The molecule has 2 N–H and O–H groups in total. The monoisotopic (exact) mass is 435 g/mol. The molecule has 168 valence electrons. The summed E-state index contributed by atoms with van der Waals surface area (Å²) < 4.78 is 43.9. The van der Waals surface area contributed by atoms with E-state index in [-0.39, 0.29) is 23.8 Å². The Labute approximate surface area is 180 Å². The van der Waals surface area contributed by atoms with E-state index >= 15 is 0 Å². The maximum absolute atomic E-state index is 12.7. The SMILES string of the molecule is C=C(O)C(CC)Cc1ccc(OCCC)c(CNC(=O)c2ccc(C(F)(F)F)cc2)c1. The summed E-state index contributed by atoms with van der Waals surface area (Å²) in [4.78, 5) is 12.4. The molecule has 1 atom stereocenters. The third-order valence-corrected chi connectivity index (χ3v) is 4.95. The van der Waals surface area contributed by atoms with Crippen LogP contribution in [0.15, 0.2) is 54.8 Å². The second-order valence-corrected chi connectivity index (χ2v) is 7.35. The average molecular weight is 435 g/mol. The molecule has 1 unspecified atom stereocenters. The number of allylic oxidation sites excluding steroid dienone is 1. The van der Waals surface area contributed by atoms with Crippen LogP contribution < -0.4 is 10.1 Å². The number of nitrogens with one attached hydrogen (secondary N) is 1. The van der Waals surface area contributed by atoms with Crippen molar-refractivity contribution in [1.29, 1.82) is 0 Å². The fourth-order valence-corrected chi connectivity index (χ4v) is 3.12. The number of hydrogen-bond donors (Lipinski definition) is 2. The zero-order chi connectivity index (χ0) is 23.0. The third kappa shape index (κ3) is 7.05. The second-order valence-electron chi connectivity index (χ2n) is 7.35. The molecule has 31 heavy (non-hydrogen) atoms. The van der Waals surface area contributed by atoms with Crippen molar-refractivity contribution in [3.8, 4) is 5.75 Å². The predicted octanol–water partition coefficient (Wildman–Crippen LogP) is 6.06. The van der Waals surface area contributed by atoms with Gasteiger partial charge in [0.15, 0.2) is 0 Å². The molecule has 0 saturated heterocycles. The van der Waals surface area contributed by atoms with Gasteiger partial charge in [-0.3, -0.25) is 4.79 Å². The summed E-state index contributed by atoms with van der Waals surface area (Å²) in [5.41, 5.74) is 1.06. The number of benzene rings is 2. The molecule has 0 aliphatic carbocycles. The van der Waals surface area contributed by atoms with Crippen LogP contribution in [-0.4, -0.2) is 17.6 Å². The van der Waals surface area contributed by atoms with E-state index in [1.165, 1.54) is 0 Å². The van der Waals surface area contributed by atoms with E-state index in [9.17, 15) is 23.1 Å². The van der Waals surface area contributed by atoms with E-state index in [4.69, 9.17) is 4.74 Å². The standard InChI is InChI=1S/C24H28F3NO3/c1-4-12-31-22-11-6-17(13-18(5-2)16(3)29)14-20(22)15-28-23(30)19-7-9-21(10-8-19)24(25,26)27/h6-11,14,18,29H,3-5,12-13,15H2,1-2H3,(H,28,30). The molecule has 2 rings (SSSR count). The van der Waals surface area contributed by atoms with Crippen LogP contribution in [-0.2, 0) is 19.1 Å². The van der Waals surface area contributed by atoms with Crippen LogP contribution in [0.4, 0.5) is 13.2 Å². The molecule has 2 aromatic carbocycles. The van der Waals surface area contributed by atoms with Gasteiger partial charge in [0.05, 0.1) is 17.9 Å². The van der Waals surface area contributed by atoms with Crippen molar-refractivity contribution in [2.45, 2.75) is 45.8 Å².